The van der Waals surface area contributed by atoms with Gasteiger partial charge in [-0.2, -0.15) is 28.6 Å². The monoisotopic (exact) mass is 469 g/mol. The number of alkyl halides is 3. The smallest absolute Gasteiger partial charge is 0.315 e. The summed E-state index contributed by atoms with van der Waals surface area (Å²) in [5, 5.41) is 21.8. The average Bonchev–Trinajstić information content (AvgIpc) is 3.47. The SMILES string of the molecule is N#Cc1cnn2cc(-c3cnn([C@H]4CCCNC4)c3)cc(Sc3cc(C(F)(F)F)ccn3)c12. The Kier molecular flexibility index (Phi) is 5.55. The molecule has 1 aliphatic heterocycles. The topological polar surface area (TPSA) is 83.8 Å². The van der Waals surface area contributed by atoms with Crippen molar-refractivity contribution in [3.8, 4) is 17.2 Å². The van der Waals surface area contributed by atoms with Gasteiger partial charge in [0.05, 0.1) is 35.1 Å². The van der Waals surface area contributed by atoms with Crippen molar-refractivity contribution in [2.45, 2.75) is 35.0 Å². The van der Waals surface area contributed by atoms with Gasteiger partial charge in [-0.25, -0.2) is 9.50 Å². The van der Waals surface area contributed by atoms with Crippen LogP contribution in [-0.2, 0) is 6.18 Å². The van der Waals surface area contributed by atoms with Crippen LogP contribution in [0.5, 0.6) is 0 Å². The van der Waals surface area contributed by atoms with Crippen LogP contribution in [0.25, 0.3) is 16.6 Å². The van der Waals surface area contributed by atoms with Gasteiger partial charge in [0.1, 0.15) is 11.1 Å². The van der Waals surface area contributed by atoms with Crippen LogP contribution in [0, 0.1) is 11.3 Å². The molecule has 1 atom stereocenters. The van der Waals surface area contributed by atoms with E-state index in [-0.39, 0.29) is 11.1 Å². The predicted octanol–water partition coefficient (Wildman–Crippen LogP) is 4.56. The minimum absolute atomic E-state index is 0.179. The van der Waals surface area contributed by atoms with E-state index in [0.717, 1.165) is 67.1 Å². The van der Waals surface area contributed by atoms with Gasteiger partial charge in [0.25, 0.3) is 0 Å². The number of fused-ring (bicyclic) bond motifs is 1. The number of nitrogens with zero attached hydrogens (tertiary/aromatic N) is 6. The Balaban J connectivity index is 1.55. The summed E-state index contributed by atoms with van der Waals surface area (Å²) in [6.07, 6.45) is 5.76. The lowest BCUT2D eigenvalue weighted by molar-refractivity contribution is -0.137. The van der Waals surface area contributed by atoms with Gasteiger partial charge in [0, 0.05) is 41.2 Å². The summed E-state index contributed by atoms with van der Waals surface area (Å²) in [4.78, 5) is 4.67. The van der Waals surface area contributed by atoms with Crippen LogP contribution in [-0.4, -0.2) is 37.5 Å². The van der Waals surface area contributed by atoms with Crippen LogP contribution in [0.2, 0.25) is 0 Å². The molecule has 1 aliphatic rings. The number of hydrogen-bond acceptors (Lipinski definition) is 6. The van der Waals surface area contributed by atoms with E-state index in [1.165, 1.54) is 6.20 Å². The Morgan fingerprint density at radius 2 is 2.03 bits per heavy atom. The fourth-order valence-electron chi connectivity index (χ4n) is 3.90. The number of halogens is 3. The highest BCUT2D eigenvalue weighted by Gasteiger charge is 2.31. The predicted molar refractivity (Wildman–Crippen MR) is 116 cm³/mol. The molecule has 0 unspecified atom stereocenters. The number of aromatic nitrogens is 5. The lowest BCUT2D eigenvalue weighted by atomic mass is 10.1. The van der Waals surface area contributed by atoms with E-state index in [9.17, 15) is 18.4 Å². The third kappa shape index (κ3) is 4.31. The summed E-state index contributed by atoms with van der Waals surface area (Å²) in [6.45, 7) is 1.86. The molecule has 33 heavy (non-hydrogen) atoms. The number of pyridine rings is 2. The number of rotatable bonds is 4. The van der Waals surface area contributed by atoms with Crippen LogP contribution < -0.4 is 5.32 Å². The Labute approximate surface area is 191 Å². The Morgan fingerprint density at radius 3 is 2.79 bits per heavy atom. The largest absolute Gasteiger partial charge is 0.416 e. The molecular weight excluding hydrogens is 451 g/mol. The standard InChI is InChI=1S/C22H18F3N7S/c23-22(24,25)17-3-5-28-20(7-17)33-19-6-14(12-32-21(19)15(8-26)9-30-32)16-10-29-31(13-16)18-2-1-4-27-11-18/h3,5-7,9-10,12-13,18,27H,1-2,4,11H2/t18-/m0/s1. The molecule has 7 nitrogen and oxygen atoms in total. The molecule has 0 radical (unpaired) electrons. The maximum absolute atomic E-state index is 13.2. The third-order valence-electron chi connectivity index (χ3n) is 5.55. The third-order valence-corrected chi connectivity index (χ3v) is 6.52. The van der Waals surface area contributed by atoms with Crippen LogP contribution in [0.4, 0.5) is 13.2 Å². The molecule has 0 saturated carbocycles. The molecule has 5 heterocycles. The quantitative estimate of drug-likeness (QED) is 0.472. The van der Waals surface area contributed by atoms with Gasteiger partial charge in [-0.3, -0.25) is 4.68 Å². The van der Waals surface area contributed by atoms with Crippen molar-refractivity contribution >= 4 is 17.3 Å². The average molecular weight is 469 g/mol. The van der Waals surface area contributed by atoms with Crippen molar-refractivity contribution in [1.29, 1.82) is 5.26 Å². The number of piperidine rings is 1. The van der Waals surface area contributed by atoms with Crippen LogP contribution >= 0.6 is 11.8 Å². The van der Waals surface area contributed by atoms with Crippen molar-refractivity contribution in [1.82, 2.24) is 29.7 Å². The van der Waals surface area contributed by atoms with Gasteiger partial charge >= 0.3 is 6.18 Å². The molecule has 0 aromatic carbocycles. The zero-order valence-electron chi connectivity index (χ0n) is 17.3. The molecule has 0 aliphatic carbocycles. The van der Waals surface area contributed by atoms with Crippen LogP contribution in [0.1, 0.15) is 30.0 Å². The molecule has 0 amide bonds. The highest BCUT2D eigenvalue weighted by molar-refractivity contribution is 7.99. The van der Waals surface area contributed by atoms with Gasteiger partial charge in [0.15, 0.2) is 0 Å². The molecule has 4 aromatic rings. The molecule has 4 aromatic heterocycles. The van der Waals surface area contributed by atoms with E-state index < -0.39 is 11.7 Å². The first-order valence-electron chi connectivity index (χ1n) is 10.3. The highest BCUT2D eigenvalue weighted by Crippen LogP contribution is 2.37. The summed E-state index contributed by atoms with van der Waals surface area (Å²) in [5.41, 5.74) is 1.73. The Hall–Kier alpha value is -3.36. The molecule has 1 fully saturated rings. The van der Waals surface area contributed by atoms with E-state index >= 15 is 0 Å². The molecule has 0 bridgehead atoms. The fraction of sp³-hybridized carbons (Fsp3) is 0.273. The van der Waals surface area contributed by atoms with Gasteiger partial charge in [-0.15, -0.1) is 0 Å². The van der Waals surface area contributed by atoms with Gasteiger partial charge < -0.3 is 5.32 Å². The molecule has 1 saturated heterocycles. The molecule has 5 rings (SSSR count). The van der Waals surface area contributed by atoms with Crippen molar-refractivity contribution in [2.24, 2.45) is 0 Å². The summed E-state index contributed by atoms with van der Waals surface area (Å²) in [5.74, 6) is 0. The van der Waals surface area contributed by atoms with Gasteiger partial charge in [-0.1, -0.05) is 11.8 Å². The van der Waals surface area contributed by atoms with Crippen molar-refractivity contribution < 1.29 is 13.2 Å². The first kappa shape index (κ1) is 21.5. The first-order valence-corrected chi connectivity index (χ1v) is 11.1. The molecule has 1 N–H and O–H groups in total. The zero-order valence-corrected chi connectivity index (χ0v) is 18.1. The first-order chi connectivity index (χ1) is 15.9. The number of nitrogens with one attached hydrogen (secondary N) is 1. The second-order valence-corrected chi connectivity index (χ2v) is 8.81. The fourth-order valence-corrected chi connectivity index (χ4v) is 4.91. The minimum Gasteiger partial charge on any atom is -0.315 e. The number of hydrogen-bond donors (Lipinski definition) is 1. The summed E-state index contributed by atoms with van der Waals surface area (Å²) < 4.78 is 43.0. The minimum atomic E-state index is -4.47. The van der Waals surface area contributed by atoms with Crippen molar-refractivity contribution in [2.75, 3.05) is 13.1 Å². The van der Waals surface area contributed by atoms with E-state index in [0.29, 0.717) is 16.0 Å². The lowest BCUT2D eigenvalue weighted by Crippen LogP contribution is -2.31. The van der Waals surface area contributed by atoms with Crippen LogP contribution in [0.15, 0.2) is 59.1 Å². The molecule has 11 heteroatoms. The van der Waals surface area contributed by atoms with E-state index in [4.69, 9.17) is 0 Å². The van der Waals surface area contributed by atoms with Crippen molar-refractivity contribution in [3.63, 3.8) is 0 Å². The van der Waals surface area contributed by atoms with E-state index in [2.05, 4.69) is 26.6 Å². The van der Waals surface area contributed by atoms with Gasteiger partial charge in [0.2, 0.25) is 0 Å². The molecule has 0 spiro atoms. The zero-order chi connectivity index (χ0) is 23.0. The lowest BCUT2D eigenvalue weighted by Gasteiger charge is -2.22. The van der Waals surface area contributed by atoms with Crippen molar-refractivity contribution in [3.05, 3.63) is 60.3 Å². The van der Waals surface area contributed by atoms with Gasteiger partial charge in [-0.05, 0) is 37.6 Å². The number of nitriles is 1. The Bertz CT molecular complexity index is 1350. The normalized spacial score (nSPS) is 16.7. The summed E-state index contributed by atoms with van der Waals surface area (Å²) >= 11 is 1.06. The van der Waals surface area contributed by atoms with Crippen LogP contribution in [0.3, 0.4) is 0 Å². The van der Waals surface area contributed by atoms with E-state index in [1.54, 1.807) is 16.9 Å². The second kappa shape index (κ2) is 8.53. The summed E-state index contributed by atoms with van der Waals surface area (Å²) in [7, 11) is 0. The Morgan fingerprint density at radius 1 is 1.15 bits per heavy atom. The second-order valence-electron chi connectivity index (χ2n) is 7.75. The summed E-state index contributed by atoms with van der Waals surface area (Å²) in [6, 6.07) is 6.15. The molecular formula is C22H18F3N7S. The highest BCUT2D eigenvalue weighted by atomic mass is 32.2. The maximum Gasteiger partial charge on any atom is 0.416 e. The maximum atomic E-state index is 13.2. The molecule has 168 valence electrons. The van der Waals surface area contributed by atoms with E-state index in [1.807, 2.05) is 16.9 Å².